The molecule has 0 spiro atoms. The van der Waals surface area contributed by atoms with Crippen molar-refractivity contribution in [3.63, 3.8) is 0 Å². The molecule has 9 aromatic carbocycles. The fourth-order valence-electron chi connectivity index (χ4n) is 9.38. The fraction of sp³-hybridized carbons (Fsp3) is 0.0545. The monoisotopic (exact) mass is 728 g/mol. The molecule has 0 amide bonds. The molecule has 57 heavy (non-hydrogen) atoms. The second kappa shape index (κ2) is 13.0. The highest BCUT2D eigenvalue weighted by Crippen LogP contribution is 2.52. The molecule has 0 fully saturated rings. The number of nitrogens with zero attached hydrogens (tertiary/aromatic N) is 2. The first-order chi connectivity index (χ1) is 28.0. The van der Waals surface area contributed by atoms with E-state index >= 15 is 0 Å². The van der Waals surface area contributed by atoms with Crippen LogP contribution in [0, 0.1) is 0 Å². The molecule has 0 saturated carbocycles. The first-order valence-corrected chi connectivity index (χ1v) is 19.9. The molecule has 1 aliphatic rings. The van der Waals surface area contributed by atoms with Crippen molar-refractivity contribution in [3.05, 3.63) is 217 Å². The van der Waals surface area contributed by atoms with E-state index in [2.05, 4.69) is 230 Å². The van der Waals surface area contributed by atoms with Gasteiger partial charge in [-0.05, 0) is 98.4 Å². The van der Waals surface area contributed by atoms with Crippen LogP contribution in [-0.2, 0) is 5.41 Å². The quantitative estimate of drug-likeness (QED) is 0.165. The van der Waals surface area contributed by atoms with Crippen molar-refractivity contribution in [3.8, 4) is 39.1 Å². The third-order valence-electron chi connectivity index (χ3n) is 12.2. The Labute approximate surface area is 333 Å². The Hall–Kier alpha value is -7.16. The molecule has 2 heteroatoms. The average molecular weight is 729 g/mol. The van der Waals surface area contributed by atoms with Gasteiger partial charge in [-0.25, -0.2) is 0 Å². The van der Waals surface area contributed by atoms with Crippen molar-refractivity contribution in [2.24, 2.45) is 0 Å². The van der Waals surface area contributed by atoms with Gasteiger partial charge in [0.1, 0.15) is 0 Å². The van der Waals surface area contributed by atoms with Gasteiger partial charge in [-0.1, -0.05) is 172 Å². The molecule has 270 valence electrons. The maximum Gasteiger partial charge on any atom is 0.0640 e. The van der Waals surface area contributed by atoms with Crippen LogP contribution in [0.1, 0.15) is 25.0 Å². The topological polar surface area (TPSA) is 8.17 Å². The summed E-state index contributed by atoms with van der Waals surface area (Å²) in [5.74, 6) is 0. The Morgan fingerprint density at radius 1 is 0.421 bits per heavy atom. The van der Waals surface area contributed by atoms with E-state index in [-0.39, 0.29) is 5.41 Å². The molecule has 2 nitrogen and oxygen atoms in total. The second-order valence-corrected chi connectivity index (χ2v) is 15.8. The minimum atomic E-state index is -0.138. The maximum atomic E-state index is 2.50. The molecule has 0 radical (unpaired) electrons. The lowest BCUT2D eigenvalue weighted by Gasteiger charge is -2.29. The Morgan fingerprint density at radius 2 is 1.00 bits per heavy atom. The third kappa shape index (κ3) is 5.25. The zero-order valence-corrected chi connectivity index (χ0v) is 32.0. The predicted octanol–water partition coefficient (Wildman–Crippen LogP) is 15.0. The SMILES string of the molecule is CC1(C)c2ccccc2-c2ccc(N(c3ccc(-c4ccccc4)cc3)c3cc4ccccc4c4c3c3ccc(-c5ccccc5)cc3n4-c3ccccc3)cc21. The largest absolute Gasteiger partial charge is 0.310 e. The number of hydrogen-bond donors (Lipinski definition) is 0. The van der Waals surface area contributed by atoms with Crippen LogP contribution in [0.5, 0.6) is 0 Å². The summed E-state index contributed by atoms with van der Waals surface area (Å²) < 4.78 is 2.49. The Kier molecular flexibility index (Phi) is 7.55. The van der Waals surface area contributed by atoms with Crippen molar-refractivity contribution in [1.29, 1.82) is 0 Å². The molecule has 0 atom stereocenters. The van der Waals surface area contributed by atoms with Crippen LogP contribution >= 0.6 is 0 Å². The lowest BCUT2D eigenvalue weighted by molar-refractivity contribution is 0.660. The molecule has 10 aromatic rings. The normalized spacial score (nSPS) is 12.9. The summed E-state index contributed by atoms with van der Waals surface area (Å²) >= 11 is 0. The number of fused-ring (bicyclic) bond motifs is 8. The van der Waals surface area contributed by atoms with Gasteiger partial charge in [0.2, 0.25) is 0 Å². The zero-order valence-electron chi connectivity index (χ0n) is 32.0. The zero-order chi connectivity index (χ0) is 38.1. The number of rotatable bonds is 6. The summed E-state index contributed by atoms with van der Waals surface area (Å²) in [4.78, 5) is 2.50. The molecular formula is C55H40N2. The summed E-state index contributed by atoms with van der Waals surface area (Å²) in [6.45, 7) is 4.74. The Morgan fingerprint density at radius 3 is 1.75 bits per heavy atom. The number of benzene rings is 9. The van der Waals surface area contributed by atoms with Crippen molar-refractivity contribution in [2.75, 3.05) is 4.90 Å². The summed E-state index contributed by atoms with van der Waals surface area (Å²) in [6, 6.07) is 75.7. The van der Waals surface area contributed by atoms with Crippen molar-refractivity contribution in [2.45, 2.75) is 19.3 Å². The lowest BCUT2D eigenvalue weighted by Crippen LogP contribution is -2.16. The first kappa shape index (κ1) is 33.2. The minimum absolute atomic E-state index is 0.138. The van der Waals surface area contributed by atoms with E-state index in [9.17, 15) is 0 Å². The lowest BCUT2D eigenvalue weighted by atomic mass is 9.82. The predicted molar refractivity (Wildman–Crippen MR) is 241 cm³/mol. The second-order valence-electron chi connectivity index (χ2n) is 15.8. The summed E-state index contributed by atoms with van der Waals surface area (Å²) in [5, 5.41) is 4.86. The van der Waals surface area contributed by atoms with Crippen LogP contribution in [-0.4, -0.2) is 4.57 Å². The average Bonchev–Trinajstić information content (AvgIpc) is 3.73. The van der Waals surface area contributed by atoms with Crippen LogP contribution in [0.15, 0.2) is 206 Å². The van der Waals surface area contributed by atoms with Gasteiger partial charge >= 0.3 is 0 Å². The smallest absolute Gasteiger partial charge is 0.0640 e. The van der Waals surface area contributed by atoms with E-state index in [0.29, 0.717) is 0 Å². The molecule has 1 heterocycles. The molecular weight excluding hydrogens is 689 g/mol. The van der Waals surface area contributed by atoms with Crippen molar-refractivity contribution >= 4 is 49.6 Å². The van der Waals surface area contributed by atoms with E-state index in [1.54, 1.807) is 0 Å². The number of anilines is 3. The number of aromatic nitrogens is 1. The standard InChI is InChI=1S/C55H40N2/c1-55(2)49-25-15-14-24-46(49)47-33-31-44(36-50(47)55)56(43-29-26-39(27-30-43)37-16-6-3-7-17-37)52-35-41-20-12-13-23-45(41)54-53(52)48-32-28-40(38-18-8-4-9-19-38)34-51(48)57(54)42-21-10-5-11-22-42/h3-36H,1-2H3. The maximum absolute atomic E-state index is 2.50. The molecule has 0 unspecified atom stereocenters. The van der Waals surface area contributed by atoms with Gasteiger partial charge in [0.05, 0.1) is 16.7 Å². The van der Waals surface area contributed by atoms with Crippen molar-refractivity contribution in [1.82, 2.24) is 4.57 Å². The molecule has 1 aromatic heterocycles. The van der Waals surface area contributed by atoms with Gasteiger partial charge in [-0.3, -0.25) is 0 Å². The minimum Gasteiger partial charge on any atom is -0.310 e. The highest BCUT2D eigenvalue weighted by molar-refractivity contribution is 6.25. The highest BCUT2D eigenvalue weighted by Gasteiger charge is 2.36. The molecule has 0 aliphatic heterocycles. The van der Waals surface area contributed by atoms with Gasteiger partial charge in [0.25, 0.3) is 0 Å². The molecule has 0 saturated heterocycles. The first-order valence-electron chi connectivity index (χ1n) is 19.9. The summed E-state index contributed by atoms with van der Waals surface area (Å²) in [6.07, 6.45) is 0. The van der Waals surface area contributed by atoms with Gasteiger partial charge in [0, 0.05) is 38.6 Å². The van der Waals surface area contributed by atoms with E-state index in [1.165, 1.54) is 77.1 Å². The Balaban J connectivity index is 1.24. The number of hydrogen-bond acceptors (Lipinski definition) is 1. The van der Waals surface area contributed by atoms with E-state index in [4.69, 9.17) is 0 Å². The summed E-state index contributed by atoms with van der Waals surface area (Å²) in [7, 11) is 0. The van der Waals surface area contributed by atoms with Gasteiger partial charge in [0.15, 0.2) is 0 Å². The molecule has 0 bridgehead atoms. The van der Waals surface area contributed by atoms with E-state index in [0.717, 1.165) is 22.7 Å². The van der Waals surface area contributed by atoms with E-state index < -0.39 is 0 Å². The van der Waals surface area contributed by atoms with Gasteiger partial charge < -0.3 is 9.47 Å². The summed E-state index contributed by atoms with van der Waals surface area (Å²) in [5.41, 5.74) is 17.0. The van der Waals surface area contributed by atoms with Crippen LogP contribution in [0.4, 0.5) is 17.1 Å². The van der Waals surface area contributed by atoms with Gasteiger partial charge in [-0.15, -0.1) is 0 Å². The highest BCUT2D eigenvalue weighted by atomic mass is 15.1. The van der Waals surface area contributed by atoms with Gasteiger partial charge in [-0.2, -0.15) is 0 Å². The molecule has 11 rings (SSSR count). The van der Waals surface area contributed by atoms with E-state index in [1.807, 2.05) is 0 Å². The van der Waals surface area contributed by atoms with Crippen LogP contribution in [0.25, 0.3) is 71.6 Å². The molecule has 1 aliphatic carbocycles. The fourth-order valence-corrected chi connectivity index (χ4v) is 9.38. The Bertz CT molecular complexity index is 3120. The van der Waals surface area contributed by atoms with Crippen LogP contribution in [0.2, 0.25) is 0 Å². The van der Waals surface area contributed by atoms with Crippen LogP contribution in [0.3, 0.4) is 0 Å². The molecule has 0 N–H and O–H groups in total. The number of para-hydroxylation sites is 1. The third-order valence-corrected chi connectivity index (χ3v) is 12.2. The van der Waals surface area contributed by atoms with Crippen LogP contribution < -0.4 is 4.90 Å². The van der Waals surface area contributed by atoms with Crippen molar-refractivity contribution < 1.29 is 0 Å².